The molecule has 0 aromatic heterocycles. The van der Waals surface area contributed by atoms with E-state index < -0.39 is 0 Å². The maximum absolute atomic E-state index is 9.28. The highest BCUT2D eigenvalue weighted by Crippen LogP contribution is 2.24. The first-order valence-electron chi connectivity index (χ1n) is 5.27. The van der Waals surface area contributed by atoms with E-state index in [2.05, 4.69) is 20.8 Å². The van der Waals surface area contributed by atoms with Crippen LogP contribution in [-0.4, -0.2) is 23.9 Å². The van der Waals surface area contributed by atoms with Crippen molar-refractivity contribution in [2.75, 3.05) is 6.61 Å². The first-order valence-corrected chi connectivity index (χ1v) is 5.27. The third kappa shape index (κ3) is 4.63. The van der Waals surface area contributed by atoms with Gasteiger partial charge in [-0.2, -0.15) is 0 Å². The van der Waals surface area contributed by atoms with Gasteiger partial charge in [0.15, 0.2) is 0 Å². The SMILES string of the molecule is CC(C)(C)CCOC1CCC(O)C1. The van der Waals surface area contributed by atoms with Gasteiger partial charge in [0.25, 0.3) is 0 Å². The standard InChI is InChI=1S/C11H22O2/c1-11(2,3)6-7-13-10-5-4-9(12)8-10/h9-10,12H,4-8H2,1-3H3. The number of aliphatic hydroxyl groups excluding tert-OH is 1. The maximum atomic E-state index is 9.28. The fourth-order valence-electron chi connectivity index (χ4n) is 1.60. The largest absolute Gasteiger partial charge is 0.393 e. The average molecular weight is 186 g/mol. The van der Waals surface area contributed by atoms with Crippen molar-refractivity contribution in [1.82, 2.24) is 0 Å². The summed E-state index contributed by atoms with van der Waals surface area (Å²) >= 11 is 0. The minimum atomic E-state index is -0.111. The van der Waals surface area contributed by atoms with E-state index >= 15 is 0 Å². The lowest BCUT2D eigenvalue weighted by molar-refractivity contribution is 0.0335. The predicted octanol–water partition coefficient (Wildman–Crippen LogP) is 2.35. The molecule has 1 aliphatic rings. The molecule has 2 atom stereocenters. The number of ether oxygens (including phenoxy) is 1. The number of hydrogen-bond acceptors (Lipinski definition) is 2. The topological polar surface area (TPSA) is 29.5 Å². The molecule has 2 heteroatoms. The Morgan fingerprint density at radius 3 is 2.46 bits per heavy atom. The van der Waals surface area contributed by atoms with Crippen molar-refractivity contribution < 1.29 is 9.84 Å². The van der Waals surface area contributed by atoms with E-state index in [1.54, 1.807) is 0 Å². The fourth-order valence-corrected chi connectivity index (χ4v) is 1.60. The summed E-state index contributed by atoms with van der Waals surface area (Å²) in [7, 11) is 0. The molecule has 2 nitrogen and oxygen atoms in total. The Kier molecular flexibility index (Phi) is 3.74. The first kappa shape index (κ1) is 11.0. The molecule has 1 fully saturated rings. The van der Waals surface area contributed by atoms with Crippen molar-refractivity contribution in [3.05, 3.63) is 0 Å². The quantitative estimate of drug-likeness (QED) is 0.733. The Balaban J connectivity index is 2.07. The highest BCUT2D eigenvalue weighted by Gasteiger charge is 2.23. The molecule has 1 aliphatic carbocycles. The van der Waals surface area contributed by atoms with Crippen molar-refractivity contribution in [2.45, 2.75) is 58.7 Å². The monoisotopic (exact) mass is 186 g/mol. The van der Waals surface area contributed by atoms with Crippen molar-refractivity contribution in [2.24, 2.45) is 5.41 Å². The van der Waals surface area contributed by atoms with Gasteiger partial charge in [0.1, 0.15) is 0 Å². The van der Waals surface area contributed by atoms with Gasteiger partial charge in [-0.15, -0.1) is 0 Å². The molecule has 0 heterocycles. The molecule has 0 saturated heterocycles. The van der Waals surface area contributed by atoms with Gasteiger partial charge in [0.05, 0.1) is 12.2 Å². The molecule has 78 valence electrons. The normalized spacial score (nSPS) is 29.5. The van der Waals surface area contributed by atoms with Gasteiger partial charge in [0, 0.05) is 6.61 Å². The van der Waals surface area contributed by atoms with Crippen LogP contribution in [0.15, 0.2) is 0 Å². The zero-order valence-corrected chi connectivity index (χ0v) is 9.05. The molecular formula is C11H22O2. The predicted molar refractivity (Wildman–Crippen MR) is 53.7 cm³/mol. The van der Waals surface area contributed by atoms with Crippen LogP contribution in [0.1, 0.15) is 46.5 Å². The van der Waals surface area contributed by atoms with E-state index in [1.807, 2.05) is 0 Å². The Bertz CT molecular complexity index is 149. The average Bonchev–Trinajstić information content (AvgIpc) is 2.33. The second kappa shape index (κ2) is 4.43. The van der Waals surface area contributed by atoms with Crippen LogP contribution in [0.25, 0.3) is 0 Å². The molecule has 0 spiro atoms. The molecule has 1 N–H and O–H groups in total. The van der Waals surface area contributed by atoms with Crippen LogP contribution in [0.3, 0.4) is 0 Å². The molecule has 13 heavy (non-hydrogen) atoms. The number of aliphatic hydroxyl groups is 1. The lowest BCUT2D eigenvalue weighted by Gasteiger charge is -2.19. The summed E-state index contributed by atoms with van der Waals surface area (Å²) in [6, 6.07) is 0. The molecule has 0 radical (unpaired) electrons. The molecule has 0 amide bonds. The van der Waals surface area contributed by atoms with Gasteiger partial charge >= 0.3 is 0 Å². The second-order valence-electron chi connectivity index (χ2n) is 5.27. The third-order valence-electron chi connectivity index (χ3n) is 2.56. The van der Waals surface area contributed by atoms with Crippen molar-refractivity contribution in [1.29, 1.82) is 0 Å². The molecule has 0 aromatic carbocycles. The van der Waals surface area contributed by atoms with Gasteiger partial charge in [-0.25, -0.2) is 0 Å². The Morgan fingerprint density at radius 1 is 1.31 bits per heavy atom. The van der Waals surface area contributed by atoms with E-state index in [1.165, 1.54) is 0 Å². The van der Waals surface area contributed by atoms with Crippen LogP contribution < -0.4 is 0 Å². The summed E-state index contributed by atoms with van der Waals surface area (Å²) in [6.45, 7) is 7.50. The van der Waals surface area contributed by atoms with E-state index in [9.17, 15) is 5.11 Å². The smallest absolute Gasteiger partial charge is 0.0600 e. The van der Waals surface area contributed by atoms with Crippen LogP contribution in [-0.2, 0) is 4.74 Å². The van der Waals surface area contributed by atoms with Crippen LogP contribution in [0, 0.1) is 5.41 Å². The number of hydrogen-bond donors (Lipinski definition) is 1. The molecule has 0 aliphatic heterocycles. The molecule has 0 bridgehead atoms. The van der Waals surface area contributed by atoms with Crippen LogP contribution >= 0.6 is 0 Å². The fraction of sp³-hybridized carbons (Fsp3) is 1.00. The zero-order valence-electron chi connectivity index (χ0n) is 9.05. The van der Waals surface area contributed by atoms with Crippen LogP contribution in [0.4, 0.5) is 0 Å². The third-order valence-corrected chi connectivity index (χ3v) is 2.56. The number of rotatable bonds is 3. The highest BCUT2D eigenvalue weighted by atomic mass is 16.5. The van der Waals surface area contributed by atoms with Gasteiger partial charge in [-0.3, -0.25) is 0 Å². The molecule has 1 rings (SSSR count). The lowest BCUT2D eigenvalue weighted by atomic mass is 9.93. The highest BCUT2D eigenvalue weighted by molar-refractivity contribution is 4.75. The van der Waals surface area contributed by atoms with Gasteiger partial charge < -0.3 is 9.84 Å². The van der Waals surface area contributed by atoms with Gasteiger partial charge in [0.2, 0.25) is 0 Å². The molecular weight excluding hydrogens is 164 g/mol. The van der Waals surface area contributed by atoms with E-state index in [0.29, 0.717) is 11.5 Å². The summed E-state index contributed by atoms with van der Waals surface area (Å²) in [6.07, 6.45) is 4.09. The lowest BCUT2D eigenvalue weighted by Crippen LogP contribution is -2.15. The summed E-state index contributed by atoms with van der Waals surface area (Å²) in [4.78, 5) is 0. The first-order chi connectivity index (χ1) is 5.97. The molecule has 1 saturated carbocycles. The van der Waals surface area contributed by atoms with Crippen molar-refractivity contribution in [3.8, 4) is 0 Å². The zero-order chi connectivity index (χ0) is 9.90. The summed E-state index contributed by atoms with van der Waals surface area (Å²) in [5.41, 5.74) is 0.358. The Morgan fingerprint density at radius 2 is 2.00 bits per heavy atom. The minimum Gasteiger partial charge on any atom is -0.393 e. The molecule has 2 unspecified atom stereocenters. The van der Waals surface area contributed by atoms with Crippen LogP contribution in [0.2, 0.25) is 0 Å². The van der Waals surface area contributed by atoms with Crippen molar-refractivity contribution >= 4 is 0 Å². The van der Waals surface area contributed by atoms with E-state index in [0.717, 1.165) is 32.3 Å². The summed E-state index contributed by atoms with van der Waals surface area (Å²) in [5.74, 6) is 0. The van der Waals surface area contributed by atoms with E-state index in [-0.39, 0.29) is 6.10 Å². The Hall–Kier alpha value is -0.0800. The summed E-state index contributed by atoms with van der Waals surface area (Å²) < 4.78 is 5.69. The second-order valence-corrected chi connectivity index (χ2v) is 5.27. The van der Waals surface area contributed by atoms with Crippen LogP contribution in [0.5, 0.6) is 0 Å². The van der Waals surface area contributed by atoms with Gasteiger partial charge in [-0.05, 0) is 31.1 Å². The minimum absolute atomic E-state index is 0.111. The summed E-state index contributed by atoms with van der Waals surface area (Å²) in [5, 5.41) is 9.28. The van der Waals surface area contributed by atoms with Gasteiger partial charge in [-0.1, -0.05) is 20.8 Å². The Labute approximate surface area is 81.3 Å². The molecule has 0 aromatic rings. The maximum Gasteiger partial charge on any atom is 0.0600 e. The van der Waals surface area contributed by atoms with Crippen molar-refractivity contribution in [3.63, 3.8) is 0 Å². The van der Waals surface area contributed by atoms with E-state index in [4.69, 9.17) is 4.74 Å².